The molecule has 1 saturated heterocycles. The Hall–Kier alpha value is -0.770. The number of benzene rings is 1. The molecule has 1 N–H and O–H groups in total. The number of nitrogens with zero attached hydrogens (tertiary/aromatic N) is 1. The lowest BCUT2D eigenvalue weighted by atomic mass is 10.1. The molecule has 0 aromatic heterocycles. The van der Waals surface area contributed by atoms with E-state index < -0.39 is 0 Å². The van der Waals surface area contributed by atoms with Gasteiger partial charge < -0.3 is 10.1 Å². The van der Waals surface area contributed by atoms with E-state index in [2.05, 4.69) is 35.5 Å². The van der Waals surface area contributed by atoms with Gasteiger partial charge in [-0.25, -0.2) is 0 Å². The number of ether oxygens (including phenoxy) is 1. The summed E-state index contributed by atoms with van der Waals surface area (Å²) in [6.45, 7) is 4.09. The molecule has 4 heteroatoms. The average Bonchev–Trinajstić information content (AvgIpc) is 2.99. The average molecular weight is 283 g/mol. The number of likely N-dealkylation sites (N-methyl/N-ethyl adjacent to an activating group) is 1. The predicted molar refractivity (Wildman–Crippen MR) is 81.2 cm³/mol. The van der Waals surface area contributed by atoms with Crippen molar-refractivity contribution in [1.29, 1.82) is 0 Å². The van der Waals surface area contributed by atoms with E-state index in [0.717, 1.165) is 26.2 Å². The molecule has 0 bridgehead atoms. The molecule has 2 aliphatic rings. The smallest absolute Gasteiger partial charge is 0.0702 e. The van der Waals surface area contributed by atoms with Gasteiger partial charge in [0, 0.05) is 31.9 Å². The number of anilines is 1. The maximum atomic E-state index is 5.70. The molecule has 0 amide bonds. The van der Waals surface area contributed by atoms with Crippen molar-refractivity contribution in [3.63, 3.8) is 0 Å². The van der Waals surface area contributed by atoms with Gasteiger partial charge in [0.15, 0.2) is 0 Å². The number of hydrogen-bond acceptors (Lipinski definition) is 3. The highest BCUT2D eigenvalue weighted by Crippen LogP contribution is 2.27. The predicted octanol–water partition coefficient (Wildman–Crippen LogP) is 2.69. The van der Waals surface area contributed by atoms with Crippen molar-refractivity contribution < 1.29 is 4.74 Å². The Kier molecular flexibility index (Phi) is 5.08. The van der Waals surface area contributed by atoms with Gasteiger partial charge in [0.05, 0.1) is 6.10 Å². The molecule has 0 spiro atoms. The fourth-order valence-electron chi connectivity index (χ4n) is 3.03. The number of para-hydroxylation sites is 1. The Morgan fingerprint density at radius 3 is 3.11 bits per heavy atom. The third-order valence-corrected chi connectivity index (χ3v) is 3.91. The van der Waals surface area contributed by atoms with Crippen molar-refractivity contribution in [3.05, 3.63) is 29.3 Å². The number of hydrogen-bond donors (Lipinski definition) is 1. The van der Waals surface area contributed by atoms with E-state index in [-0.39, 0.29) is 12.4 Å². The molecule has 106 valence electrons. The molecule has 0 aliphatic carbocycles. The normalized spacial score (nSPS) is 21.1. The van der Waals surface area contributed by atoms with Gasteiger partial charge >= 0.3 is 0 Å². The monoisotopic (exact) mass is 282 g/mol. The second kappa shape index (κ2) is 6.60. The molecule has 2 aliphatic heterocycles. The van der Waals surface area contributed by atoms with E-state index in [9.17, 15) is 0 Å². The van der Waals surface area contributed by atoms with Crippen LogP contribution in [0.5, 0.6) is 0 Å². The lowest BCUT2D eigenvalue weighted by Crippen LogP contribution is -2.28. The van der Waals surface area contributed by atoms with E-state index in [4.69, 9.17) is 4.74 Å². The first-order chi connectivity index (χ1) is 8.83. The molecule has 19 heavy (non-hydrogen) atoms. The van der Waals surface area contributed by atoms with Crippen molar-refractivity contribution in [3.8, 4) is 0 Å². The quantitative estimate of drug-likeness (QED) is 0.919. The van der Waals surface area contributed by atoms with Gasteiger partial charge in [-0.05, 0) is 37.4 Å². The second-order valence-corrected chi connectivity index (χ2v) is 5.46. The van der Waals surface area contributed by atoms with Crippen LogP contribution in [0.2, 0.25) is 0 Å². The first kappa shape index (κ1) is 14.6. The summed E-state index contributed by atoms with van der Waals surface area (Å²) in [6.07, 6.45) is 4.05. The minimum absolute atomic E-state index is 0. The standard InChI is InChI=1S/C15H22N2O.ClH/c1-17(11-14-6-3-9-18-14)10-13-5-2-4-12-7-8-16-15(12)13;/h2,4-5,14,16H,3,6-11H2,1H3;1H/t14-;/m0./s1. The summed E-state index contributed by atoms with van der Waals surface area (Å²) >= 11 is 0. The van der Waals surface area contributed by atoms with E-state index in [1.807, 2.05) is 0 Å². The largest absolute Gasteiger partial charge is 0.384 e. The van der Waals surface area contributed by atoms with Crippen LogP contribution in [-0.4, -0.2) is 37.7 Å². The minimum Gasteiger partial charge on any atom is -0.384 e. The van der Waals surface area contributed by atoms with Crippen molar-refractivity contribution in [2.45, 2.75) is 31.9 Å². The molecular formula is C15H23ClN2O. The van der Waals surface area contributed by atoms with Crippen LogP contribution in [0.25, 0.3) is 0 Å². The van der Waals surface area contributed by atoms with Crippen molar-refractivity contribution in [1.82, 2.24) is 4.90 Å². The zero-order chi connectivity index (χ0) is 12.4. The van der Waals surface area contributed by atoms with Gasteiger partial charge in [-0.15, -0.1) is 12.4 Å². The molecule has 2 heterocycles. The first-order valence-electron chi connectivity index (χ1n) is 6.98. The molecule has 0 unspecified atom stereocenters. The highest BCUT2D eigenvalue weighted by atomic mass is 35.5. The molecule has 0 radical (unpaired) electrons. The summed E-state index contributed by atoms with van der Waals surface area (Å²) in [6, 6.07) is 6.66. The number of rotatable bonds is 4. The lowest BCUT2D eigenvalue weighted by molar-refractivity contribution is 0.0794. The molecule has 0 saturated carbocycles. The third-order valence-electron chi connectivity index (χ3n) is 3.91. The molecule has 3 nitrogen and oxygen atoms in total. The van der Waals surface area contributed by atoms with E-state index in [1.165, 1.54) is 36.1 Å². The van der Waals surface area contributed by atoms with E-state index in [1.54, 1.807) is 0 Å². The maximum Gasteiger partial charge on any atom is 0.0702 e. The van der Waals surface area contributed by atoms with Crippen LogP contribution in [-0.2, 0) is 17.7 Å². The Bertz CT molecular complexity index is 419. The van der Waals surface area contributed by atoms with Gasteiger partial charge in [0.1, 0.15) is 0 Å². The summed E-state index contributed by atoms with van der Waals surface area (Å²) < 4.78 is 5.70. The van der Waals surface area contributed by atoms with Crippen LogP contribution < -0.4 is 5.32 Å². The van der Waals surface area contributed by atoms with Gasteiger partial charge in [-0.2, -0.15) is 0 Å². The summed E-state index contributed by atoms with van der Waals surface area (Å²) in [4.78, 5) is 2.38. The Morgan fingerprint density at radius 2 is 2.32 bits per heavy atom. The zero-order valence-electron chi connectivity index (χ0n) is 11.5. The molecule has 3 rings (SSSR count). The molecule has 1 atom stereocenters. The number of nitrogens with one attached hydrogen (secondary N) is 1. The van der Waals surface area contributed by atoms with Gasteiger partial charge in [0.25, 0.3) is 0 Å². The van der Waals surface area contributed by atoms with Crippen molar-refractivity contribution in [2.24, 2.45) is 0 Å². The van der Waals surface area contributed by atoms with Crippen molar-refractivity contribution >= 4 is 18.1 Å². The molecule has 1 fully saturated rings. The molecule has 1 aromatic carbocycles. The fraction of sp³-hybridized carbons (Fsp3) is 0.600. The Labute approximate surface area is 121 Å². The second-order valence-electron chi connectivity index (χ2n) is 5.46. The number of fused-ring (bicyclic) bond motifs is 1. The van der Waals surface area contributed by atoms with Gasteiger partial charge in [-0.1, -0.05) is 18.2 Å². The summed E-state index contributed by atoms with van der Waals surface area (Å²) in [7, 11) is 2.19. The SMILES string of the molecule is CN(Cc1cccc2c1NCC2)C[C@@H]1CCCO1.Cl. The van der Waals surface area contributed by atoms with Crippen LogP contribution in [0.4, 0.5) is 5.69 Å². The topological polar surface area (TPSA) is 24.5 Å². The molecular weight excluding hydrogens is 260 g/mol. The summed E-state index contributed by atoms with van der Waals surface area (Å²) in [5.74, 6) is 0. The first-order valence-corrected chi connectivity index (χ1v) is 6.98. The Morgan fingerprint density at radius 1 is 1.42 bits per heavy atom. The number of halogens is 1. The van der Waals surface area contributed by atoms with E-state index in [0.29, 0.717) is 6.10 Å². The third kappa shape index (κ3) is 3.41. The highest BCUT2D eigenvalue weighted by Gasteiger charge is 2.19. The summed E-state index contributed by atoms with van der Waals surface area (Å²) in [5.41, 5.74) is 4.26. The summed E-state index contributed by atoms with van der Waals surface area (Å²) in [5, 5.41) is 3.51. The zero-order valence-corrected chi connectivity index (χ0v) is 12.3. The lowest BCUT2D eigenvalue weighted by Gasteiger charge is -2.21. The van der Waals surface area contributed by atoms with Crippen LogP contribution in [0.1, 0.15) is 24.0 Å². The van der Waals surface area contributed by atoms with Gasteiger partial charge in [0.2, 0.25) is 0 Å². The highest BCUT2D eigenvalue weighted by molar-refractivity contribution is 5.85. The minimum atomic E-state index is 0. The maximum absolute atomic E-state index is 5.70. The van der Waals surface area contributed by atoms with Crippen LogP contribution in [0.3, 0.4) is 0 Å². The molecule has 1 aromatic rings. The fourth-order valence-corrected chi connectivity index (χ4v) is 3.03. The van der Waals surface area contributed by atoms with Crippen molar-refractivity contribution in [2.75, 3.05) is 32.1 Å². The van der Waals surface area contributed by atoms with Gasteiger partial charge in [-0.3, -0.25) is 4.90 Å². The van der Waals surface area contributed by atoms with Crippen LogP contribution in [0, 0.1) is 0 Å². The van der Waals surface area contributed by atoms with E-state index >= 15 is 0 Å². The van der Waals surface area contributed by atoms with Crippen LogP contribution >= 0.6 is 12.4 Å². The Balaban J connectivity index is 0.00000133. The van der Waals surface area contributed by atoms with Crippen LogP contribution in [0.15, 0.2) is 18.2 Å².